The maximum atomic E-state index is 11.1. The average Bonchev–Trinajstić information content (AvgIpc) is 2.89. The Bertz CT molecular complexity index is 637. The second-order valence-corrected chi connectivity index (χ2v) is 5.61. The summed E-state index contributed by atoms with van der Waals surface area (Å²) in [6.07, 6.45) is -0.342. The van der Waals surface area contributed by atoms with Crippen LogP contribution < -0.4 is 0 Å². The van der Waals surface area contributed by atoms with E-state index in [0.29, 0.717) is 11.3 Å². The van der Waals surface area contributed by atoms with Crippen LogP contribution in [0.25, 0.3) is 0 Å². The molecule has 0 saturated carbocycles. The lowest BCUT2D eigenvalue weighted by molar-refractivity contribution is -0.179. The maximum Gasteiger partial charge on any atom is 0.239 e. The third kappa shape index (κ3) is 2.50. The van der Waals surface area contributed by atoms with E-state index in [0.717, 1.165) is 5.56 Å². The summed E-state index contributed by atoms with van der Waals surface area (Å²) in [4.78, 5) is 4.63. The summed E-state index contributed by atoms with van der Waals surface area (Å²) in [5.74, 6) is -1.29. The molecule has 1 aliphatic rings. The number of hydrogen-bond donors (Lipinski definition) is 1. The zero-order chi connectivity index (χ0) is 14.9. The van der Waals surface area contributed by atoms with Crippen LogP contribution in [0.5, 0.6) is 0 Å². The predicted molar refractivity (Wildman–Crippen MR) is 83.0 cm³/mol. The van der Waals surface area contributed by atoms with Crippen molar-refractivity contribution in [3.05, 3.63) is 71.8 Å². The lowest BCUT2D eigenvalue weighted by atomic mass is 9.96. The molecule has 0 spiro atoms. The number of rotatable bonds is 3. The van der Waals surface area contributed by atoms with E-state index >= 15 is 0 Å². The standard InChI is InChI=1S/C18H19NO2/c1-13(2)17-19-16(14-9-5-3-6-10-14)18(20,21-17)15-11-7-4-8-12-15/h3-13,17,20H,1-2H3/t17-,18+/m0/s1. The smallest absolute Gasteiger partial charge is 0.239 e. The zero-order valence-electron chi connectivity index (χ0n) is 12.2. The summed E-state index contributed by atoms with van der Waals surface area (Å²) in [6.45, 7) is 4.07. The van der Waals surface area contributed by atoms with Gasteiger partial charge in [0.15, 0.2) is 6.23 Å². The fraction of sp³-hybridized carbons (Fsp3) is 0.278. The normalized spacial score (nSPS) is 25.1. The number of aliphatic hydroxyl groups is 1. The van der Waals surface area contributed by atoms with Crippen LogP contribution in [0.1, 0.15) is 25.0 Å². The van der Waals surface area contributed by atoms with Crippen LogP contribution in [0.4, 0.5) is 0 Å². The molecule has 3 heteroatoms. The van der Waals surface area contributed by atoms with Gasteiger partial charge in [-0.2, -0.15) is 0 Å². The van der Waals surface area contributed by atoms with Gasteiger partial charge in [-0.1, -0.05) is 74.5 Å². The fourth-order valence-electron chi connectivity index (χ4n) is 2.49. The van der Waals surface area contributed by atoms with Crippen LogP contribution in [0.3, 0.4) is 0 Å². The first kappa shape index (κ1) is 14.0. The third-order valence-electron chi connectivity index (χ3n) is 3.65. The molecular weight excluding hydrogens is 262 g/mol. The number of ether oxygens (including phenoxy) is 1. The van der Waals surface area contributed by atoms with Crippen molar-refractivity contribution < 1.29 is 9.84 Å². The molecule has 2 aromatic rings. The van der Waals surface area contributed by atoms with Crippen molar-refractivity contribution in [1.29, 1.82) is 0 Å². The Morgan fingerprint density at radius 3 is 2.14 bits per heavy atom. The molecule has 0 radical (unpaired) electrons. The van der Waals surface area contributed by atoms with Gasteiger partial charge in [0.2, 0.25) is 5.79 Å². The number of aliphatic imine (C=N–C) groups is 1. The Morgan fingerprint density at radius 2 is 1.57 bits per heavy atom. The molecule has 2 atom stereocenters. The van der Waals surface area contributed by atoms with Gasteiger partial charge >= 0.3 is 0 Å². The molecule has 0 unspecified atom stereocenters. The molecule has 0 amide bonds. The second kappa shape index (κ2) is 5.43. The van der Waals surface area contributed by atoms with E-state index in [1.807, 2.05) is 74.5 Å². The van der Waals surface area contributed by atoms with Crippen LogP contribution in [0.15, 0.2) is 65.7 Å². The van der Waals surface area contributed by atoms with Gasteiger partial charge in [-0.15, -0.1) is 0 Å². The van der Waals surface area contributed by atoms with Gasteiger partial charge in [0.25, 0.3) is 0 Å². The predicted octanol–water partition coefficient (Wildman–Crippen LogP) is 3.33. The number of hydrogen-bond acceptors (Lipinski definition) is 3. The first-order chi connectivity index (χ1) is 10.1. The summed E-state index contributed by atoms with van der Waals surface area (Å²) < 4.78 is 5.92. The highest BCUT2D eigenvalue weighted by molar-refractivity contribution is 6.06. The Morgan fingerprint density at radius 1 is 1.00 bits per heavy atom. The van der Waals surface area contributed by atoms with Gasteiger partial charge in [-0.25, -0.2) is 0 Å². The Hall–Kier alpha value is -1.97. The monoisotopic (exact) mass is 281 g/mol. The van der Waals surface area contributed by atoms with Crippen molar-refractivity contribution in [2.24, 2.45) is 10.9 Å². The SMILES string of the molecule is CC(C)[C@H]1N=C(c2ccccc2)[C@@](O)(c2ccccc2)O1. The van der Waals surface area contributed by atoms with E-state index in [4.69, 9.17) is 4.74 Å². The molecule has 108 valence electrons. The van der Waals surface area contributed by atoms with Crippen molar-refractivity contribution in [3.63, 3.8) is 0 Å². The Labute approximate surface area is 124 Å². The van der Waals surface area contributed by atoms with Crippen LogP contribution in [-0.4, -0.2) is 17.0 Å². The molecule has 0 saturated heterocycles. The van der Waals surface area contributed by atoms with Crippen LogP contribution in [0, 0.1) is 5.92 Å². The van der Waals surface area contributed by atoms with E-state index in [2.05, 4.69) is 4.99 Å². The number of nitrogens with zero attached hydrogens (tertiary/aromatic N) is 1. The van der Waals surface area contributed by atoms with Crippen LogP contribution in [-0.2, 0) is 10.5 Å². The largest absolute Gasteiger partial charge is 0.357 e. The van der Waals surface area contributed by atoms with Crippen molar-refractivity contribution in [1.82, 2.24) is 0 Å². The summed E-state index contributed by atoms with van der Waals surface area (Å²) in [5, 5.41) is 11.1. The molecule has 3 rings (SSSR count). The molecule has 0 bridgehead atoms. The average molecular weight is 281 g/mol. The van der Waals surface area contributed by atoms with Crippen LogP contribution in [0.2, 0.25) is 0 Å². The molecule has 1 aliphatic heterocycles. The lowest BCUT2D eigenvalue weighted by Gasteiger charge is -2.26. The highest BCUT2D eigenvalue weighted by Crippen LogP contribution is 2.36. The quantitative estimate of drug-likeness (QED) is 0.937. The van der Waals surface area contributed by atoms with Crippen molar-refractivity contribution in [2.45, 2.75) is 25.9 Å². The fourth-order valence-corrected chi connectivity index (χ4v) is 2.49. The van der Waals surface area contributed by atoms with E-state index in [1.54, 1.807) is 0 Å². The van der Waals surface area contributed by atoms with E-state index in [1.165, 1.54) is 0 Å². The first-order valence-corrected chi connectivity index (χ1v) is 7.20. The zero-order valence-corrected chi connectivity index (χ0v) is 12.2. The third-order valence-corrected chi connectivity index (χ3v) is 3.65. The van der Waals surface area contributed by atoms with E-state index < -0.39 is 5.79 Å². The topological polar surface area (TPSA) is 41.8 Å². The van der Waals surface area contributed by atoms with Gasteiger partial charge in [0, 0.05) is 17.0 Å². The molecule has 1 N–H and O–H groups in total. The van der Waals surface area contributed by atoms with Crippen molar-refractivity contribution in [3.8, 4) is 0 Å². The molecule has 0 fully saturated rings. The summed E-state index contributed by atoms with van der Waals surface area (Å²) in [6, 6.07) is 19.1. The van der Waals surface area contributed by atoms with Gasteiger partial charge in [0.05, 0.1) is 0 Å². The Balaban J connectivity index is 2.09. The number of benzene rings is 2. The first-order valence-electron chi connectivity index (χ1n) is 7.20. The molecule has 0 aliphatic carbocycles. The minimum Gasteiger partial charge on any atom is -0.357 e. The highest BCUT2D eigenvalue weighted by atomic mass is 16.6. The minimum atomic E-state index is -1.49. The summed E-state index contributed by atoms with van der Waals surface area (Å²) in [7, 11) is 0. The molecule has 1 heterocycles. The minimum absolute atomic E-state index is 0.196. The van der Waals surface area contributed by atoms with Crippen molar-refractivity contribution in [2.75, 3.05) is 0 Å². The molecule has 0 aromatic heterocycles. The van der Waals surface area contributed by atoms with Gasteiger partial charge in [-0.3, -0.25) is 4.99 Å². The van der Waals surface area contributed by atoms with Crippen molar-refractivity contribution >= 4 is 5.71 Å². The molecular formula is C18H19NO2. The van der Waals surface area contributed by atoms with Gasteiger partial charge < -0.3 is 9.84 Å². The van der Waals surface area contributed by atoms with E-state index in [-0.39, 0.29) is 12.1 Å². The summed E-state index contributed by atoms with van der Waals surface area (Å²) >= 11 is 0. The van der Waals surface area contributed by atoms with Gasteiger partial charge in [-0.05, 0) is 0 Å². The molecule has 21 heavy (non-hydrogen) atoms. The summed E-state index contributed by atoms with van der Waals surface area (Å²) in [5.41, 5.74) is 2.16. The maximum absolute atomic E-state index is 11.1. The molecule has 3 nitrogen and oxygen atoms in total. The Kier molecular flexibility index (Phi) is 3.62. The van der Waals surface area contributed by atoms with Gasteiger partial charge in [0.1, 0.15) is 5.71 Å². The lowest BCUT2D eigenvalue weighted by Crippen LogP contribution is -2.36. The highest BCUT2D eigenvalue weighted by Gasteiger charge is 2.45. The van der Waals surface area contributed by atoms with E-state index in [9.17, 15) is 5.11 Å². The van der Waals surface area contributed by atoms with Crippen LogP contribution >= 0.6 is 0 Å². The second-order valence-electron chi connectivity index (χ2n) is 5.61. The molecule has 2 aromatic carbocycles.